The molecule has 0 unspecified atom stereocenters. The molecule has 1 amide bonds. The molecule has 4 aliphatic rings. The maximum Gasteiger partial charge on any atom is 0.223 e. The zero-order chi connectivity index (χ0) is 25.8. The maximum atomic E-state index is 13.4. The van der Waals surface area contributed by atoms with E-state index in [4.69, 9.17) is 5.73 Å². The molecule has 2 heterocycles. The second-order valence-electron chi connectivity index (χ2n) is 12.2. The number of hydrogen-bond acceptors (Lipinski definition) is 6. The molecule has 0 aromatic carbocycles. The monoisotopic (exact) mass is 502 g/mol. The molecule has 37 heavy (non-hydrogen) atoms. The van der Waals surface area contributed by atoms with Crippen molar-refractivity contribution in [1.29, 1.82) is 0 Å². The van der Waals surface area contributed by atoms with Crippen molar-refractivity contribution in [2.45, 2.75) is 71.8 Å². The van der Waals surface area contributed by atoms with E-state index < -0.39 is 0 Å². The Kier molecular flexibility index (Phi) is 5.96. The summed E-state index contributed by atoms with van der Waals surface area (Å²) in [6.07, 6.45) is 17.5. The molecule has 4 aliphatic carbocycles. The van der Waals surface area contributed by atoms with Gasteiger partial charge in [-0.2, -0.15) is 0 Å². The molecule has 2 aromatic heterocycles. The summed E-state index contributed by atoms with van der Waals surface area (Å²) >= 11 is 0. The SMILES string of the molecule is C[C@]12CC[C@H]3[C@@H](CCC4=CC(=O)CC[C@@]43C)[C@@H]1CC[C@@H]2C(=O)NC/C=C\Cn1cnc2c(N)ncnc21. The van der Waals surface area contributed by atoms with Crippen molar-refractivity contribution < 1.29 is 9.59 Å². The highest BCUT2D eigenvalue weighted by Gasteiger charge is 2.60. The van der Waals surface area contributed by atoms with Crippen LogP contribution in [0.5, 0.6) is 0 Å². The molecule has 3 fully saturated rings. The van der Waals surface area contributed by atoms with Crippen molar-refractivity contribution >= 4 is 28.7 Å². The lowest BCUT2D eigenvalue weighted by Gasteiger charge is -2.58. The van der Waals surface area contributed by atoms with E-state index in [1.807, 2.05) is 22.8 Å². The van der Waals surface area contributed by atoms with Crippen LogP contribution in [0.25, 0.3) is 11.2 Å². The van der Waals surface area contributed by atoms with Crippen LogP contribution in [0.1, 0.15) is 65.2 Å². The highest BCUT2D eigenvalue weighted by atomic mass is 16.2. The highest BCUT2D eigenvalue weighted by molar-refractivity contribution is 5.91. The summed E-state index contributed by atoms with van der Waals surface area (Å²) < 4.78 is 1.92. The molecular formula is C29H38N6O2. The van der Waals surface area contributed by atoms with Crippen LogP contribution in [0.15, 0.2) is 36.5 Å². The predicted molar refractivity (Wildman–Crippen MR) is 142 cm³/mol. The van der Waals surface area contributed by atoms with Crippen LogP contribution in [0.3, 0.4) is 0 Å². The third kappa shape index (κ3) is 3.91. The van der Waals surface area contributed by atoms with Crippen molar-refractivity contribution in [1.82, 2.24) is 24.8 Å². The normalized spacial score (nSPS) is 35.2. The van der Waals surface area contributed by atoms with Crippen LogP contribution < -0.4 is 11.1 Å². The molecule has 0 aliphatic heterocycles. The summed E-state index contributed by atoms with van der Waals surface area (Å²) in [7, 11) is 0. The third-order valence-electron chi connectivity index (χ3n) is 10.6. The first-order chi connectivity index (χ1) is 17.8. The largest absolute Gasteiger partial charge is 0.382 e. The maximum absolute atomic E-state index is 13.4. The molecule has 2 aromatic rings. The van der Waals surface area contributed by atoms with Crippen molar-refractivity contribution in [3.63, 3.8) is 0 Å². The second-order valence-corrected chi connectivity index (χ2v) is 12.2. The molecule has 6 atom stereocenters. The second kappa shape index (κ2) is 9.07. The first kappa shape index (κ1) is 24.3. The Balaban J connectivity index is 1.07. The first-order valence-corrected chi connectivity index (χ1v) is 13.9. The van der Waals surface area contributed by atoms with Gasteiger partial charge >= 0.3 is 0 Å². The average Bonchev–Trinajstić information content (AvgIpc) is 3.46. The Morgan fingerprint density at radius 3 is 2.84 bits per heavy atom. The summed E-state index contributed by atoms with van der Waals surface area (Å²) in [6.45, 7) is 5.93. The van der Waals surface area contributed by atoms with Gasteiger partial charge in [-0.15, -0.1) is 0 Å². The number of imidazole rings is 1. The molecule has 3 saturated carbocycles. The van der Waals surface area contributed by atoms with E-state index in [0.717, 1.165) is 32.1 Å². The summed E-state index contributed by atoms with van der Waals surface area (Å²) in [5, 5.41) is 3.20. The number of rotatable bonds is 5. The fraction of sp³-hybridized carbons (Fsp3) is 0.621. The number of aromatic nitrogens is 4. The smallest absolute Gasteiger partial charge is 0.223 e. The predicted octanol–water partition coefficient (Wildman–Crippen LogP) is 4.23. The van der Waals surface area contributed by atoms with E-state index in [9.17, 15) is 9.59 Å². The Hall–Kier alpha value is -3.03. The summed E-state index contributed by atoms with van der Waals surface area (Å²) in [6, 6.07) is 0. The lowest BCUT2D eigenvalue weighted by molar-refractivity contribution is -0.132. The van der Waals surface area contributed by atoms with Gasteiger partial charge in [0.15, 0.2) is 17.2 Å². The van der Waals surface area contributed by atoms with Gasteiger partial charge in [-0.3, -0.25) is 9.59 Å². The van der Waals surface area contributed by atoms with Gasteiger partial charge in [0, 0.05) is 25.4 Å². The van der Waals surface area contributed by atoms with E-state index in [-0.39, 0.29) is 22.7 Å². The van der Waals surface area contributed by atoms with Crippen LogP contribution in [0.2, 0.25) is 0 Å². The molecule has 0 radical (unpaired) electrons. The van der Waals surface area contributed by atoms with Crippen molar-refractivity contribution in [3.05, 3.63) is 36.5 Å². The third-order valence-corrected chi connectivity index (χ3v) is 10.6. The highest BCUT2D eigenvalue weighted by Crippen LogP contribution is 2.66. The molecular weight excluding hydrogens is 464 g/mol. The van der Waals surface area contributed by atoms with E-state index in [2.05, 4.69) is 34.1 Å². The number of nitrogen functional groups attached to an aromatic ring is 1. The number of nitrogens with two attached hydrogens (primary N) is 1. The number of fused-ring (bicyclic) bond motifs is 6. The minimum Gasteiger partial charge on any atom is -0.382 e. The Labute approximate surface area is 218 Å². The fourth-order valence-electron chi connectivity index (χ4n) is 8.58. The lowest BCUT2D eigenvalue weighted by atomic mass is 9.47. The van der Waals surface area contributed by atoms with Gasteiger partial charge in [0.2, 0.25) is 5.91 Å². The molecule has 0 saturated heterocycles. The van der Waals surface area contributed by atoms with Gasteiger partial charge in [-0.1, -0.05) is 31.6 Å². The topological polar surface area (TPSA) is 116 Å². The first-order valence-electron chi connectivity index (χ1n) is 13.9. The summed E-state index contributed by atoms with van der Waals surface area (Å²) in [4.78, 5) is 38.0. The molecule has 8 nitrogen and oxygen atoms in total. The zero-order valence-electron chi connectivity index (χ0n) is 21.9. The number of nitrogens with one attached hydrogen (secondary N) is 1. The quantitative estimate of drug-likeness (QED) is 0.591. The fourth-order valence-corrected chi connectivity index (χ4v) is 8.58. The van der Waals surface area contributed by atoms with Crippen molar-refractivity contribution in [2.24, 2.45) is 34.5 Å². The van der Waals surface area contributed by atoms with Crippen LogP contribution >= 0.6 is 0 Å². The van der Waals surface area contributed by atoms with Gasteiger partial charge in [0.25, 0.3) is 0 Å². The number of amides is 1. The number of ketones is 1. The number of nitrogens with zero attached hydrogens (tertiary/aromatic N) is 4. The van der Waals surface area contributed by atoms with E-state index >= 15 is 0 Å². The van der Waals surface area contributed by atoms with Gasteiger partial charge in [0.1, 0.15) is 11.8 Å². The Bertz CT molecular complexity index is 1300. The molecule has 196 valence electrons. The van der Waals surface area contributed by atoms with E-state index in [1.54, 1.807) is 6.33 Å². The van der Waals surface area contributed by atoms with Crippen LogP contribution in [0.4, 0.5) is 5.82 Å². The Morgan fingerprint density at radius 1 is 1.11 bits per heavy atom. The van der Waals surface area contributed by atoms with Crippen molar-refractivity contribution in [2.75, 3.05) is 12.3 Å². The van der Waals surface area contributed by atoms with Gasteiger partial charge in [-0.25, -0.2) is 15.0 Å². The van der Waals surface area contributed by atoms with Crippen LogP contribution in [-0.2, 0) is 16.1 Å². The molecule has 6 rings (SSSR count). The van der Waals surface area contributed by atoms with Gasteiger partial charge < -0.3 is 15.6 Å². The lowest BCUT2D eigenvalue weighted by Crippen LogP contribution is -2.52. The average molecular weight is 503 g/mol. The van der Waals surface area contributed by atoms with E-state index in [0.29, 0.717) is 60.0 Å². The summed E-state index contributed by atoms with van der Waals surface area (Å²) in [5.74, 6) is 2.92. The zero-order valence-corrected chi connectivity index (χ0v) is 21.9. The van der Waals surface area contributed by atoms with Gasteiger partial charge in [-0.05, 0) is 79.6 Å². The Morgan fingerprint density at radius 2 is 1.97 bits per heavy atom. The number of anilines is 1. The number of allylic oxidation sites excluding steroid dienone is 2. The van der Waals surface area contributed by atoms with Crippen molar-refractivity contribution in [3.8, 4) is 0 Å². The van der Waals surface area contributed by atoms with Gasteiger partial charge in [0.05, 0.1) is 6.33 Å². The van der Waals surface area contributed by atoms with Crippen LogP contribution in [0, 0.1) is 34.5 Å². The minimum atomic E-state index is 0.0758. The molecule has 8 heteroatoms. The number of hydrogen-bond donors (Lipinski definition) is 2. The number of carbonyl (C=O) groups excluding carboxylic acids is 2. The minimum absolute atomic E-state index is 0.0758. The standard InChI is InChI=1S/C29H38N6O2/c1-28-11-9-19(36)15-18(28)5-6-20-21-7-8-23(29(21,2)12-10-22(20)28)27(37)31-13-3-4-14-35-17-34-24-25(30)32-16-33-26(24)35/h3-4,15-17,20-23H,5-14H2,1-2H3,(H,31,37)(H2,30,32,33)/b4-3-/t20-,21-,22-,23+,28-,29-/m0/s1. The molecule has 0 bridgehead atoms. The number of carbonyl (C=O) groups is 2. The molecule has 3 N–H and O–H groups in total. The molecule has 0 spiro atoms. The van der Waals surface area contributed by atoms with E-state index in [1.165, 1.54) is 24.7 Å². The summed E-state index contributed by atoms with van der Waals surface area (Å²) in [5.41, 5.74) is 8.85. The van der Waals surface area contributed by atoms with Crippen LogP contribution in [-0.4, -0.2) is 37.8 Å².